The molecule has 0 saturated carbocycles. The summed E-state index contributed by atoms with van der Waals surface area (Å²) in [5.74, 6) is 1.70. The van der Waals surface area contributed by atoms with Gasteiger partial charge < -0.3 is 25.4 Å². The normalized spacial score (nSPS) is 15.3. The van der Waals surface area contributed by atoms with Crippen LogP contribution < -0.4 is 20.5 Å². The summed E-state index contributed by atoms with van der Waals surface area (Å²) in [7, 11) is 0. The molecule has 7 heteroatoms. The second kappa shape index (κ2) is 17.2. The largest absolute Gasteiger partial charge is 0.493 e. The number of carbonyl (C=O) groups excluding carboxylic acids is 1. The second-order valence-corrected chi connectivity index (χ2v) is 10.6. The Morgan fingerprint density at radius 2 is 1.74 bits per heavy atom. The minimum absolute atomic E-state index is 0.157. The maximum absolute atomic E-state index is 13.1. The monoisotopic (exact) mass is 538 g/mol. The summed E-state index contributed by atoms with van der Waals surface area (Å²) in [5.41, 5.74) is 8.39. The Labute approximate surface area is 236 Å². The van der Waals surface area contributed by atoms with Crippen LogP contribution in [0.1, 0.15) is 64.9 Å². The quantitative estimate of drug-likeness (QED) is 0.257. The first-order chi connectivity index (χ1) is 19.0. The van der Waals surface area contributed by atoms with Gasteiger partial charge in [0, 0.05) is 19.2 Å². The van der Waals surface area contributed by atoms with Gasteiger partial charge in [-0.25, -0.2) is 0 Å². The highest BCUT2D eigenvalue weighted by Crippen LogP contribution is 2.31. The molecule has 216 valence electrons. The highest BCUT2D eigenvalue weighted by atomic mass is 16.5. The zero-order valence-electron chi connectivity index (χ0n) is 24.4. The third kappa shape index (κ3) is 10.8. The average molecular weight is 539 g/mol. The van der Waals surface area contributed by atoms with Gasteiger partial charge in [0.1, 0.15) is 11.5 Å². The number of benzene rings is 2. The van der Waals surface area contributed by atoms with Gasteiger partial charge >= 0.3 is 0 Å². The molecule has 0 aromatic heterocycles. The molecule has 1 amide bonds. The van der Waals surface area contributed by atoms with Gasteiger partial charge in [0.25, 0.3) is 0 Å². The lowest BCUT2D eigenvalue weighted by atomic mass is 9.90. The van der Waals surface area contributed by atoms with Crippen LogP contribution in [0.5, 0.6) is 11.5 Å². The predicted molar refractivity (Wildman–Crippen MR) is 160 cm³/mol. The smallest absolute Gasteiger partial charge is 0.241 e. The van der Waals surface area contributed by atoms with Crippen molar-refractivity contribution in [3.05, 3.63) is 54.1 Å². The number of likely N-dealkylation sites (tertiary alicyclic amines) is 1. The molecule has 1 aliphatic heterocycles. The molecule has 3 rings (SSSR count). The van der Waals surface area contributed by atoms with Crippen LogP contribution in [0.2, 0.25) is 0 Å². The van der Waals surface area contributed by atoms with E-state index in [2.05, 4.69) is 66.2 Å². The van der Waals surface area contributed by atoms with Crippen molar-refractivity contribution in [2.45, 2.75) is 71.9 Å². The fourth-order valence-electron chi connectivity index (χ4n) is 5.07. The molecule has 1 saturated heterocycles. The van der Waals surface area contributed by atoms with Crippen molar-refractivity contribution in [1.29, 1.82) is 0 Å². The van der Waals surface area contributed by atoms with Crippen LogP contribution in [0.3, 0.4) is 0 Å². The number of unbranched alkanes of at least 4 members (excludes halogenated alkanes) is 1. The number of rotatable bonds is 17. The Morgan fingerprint density at radius 3 is 2.44 bits per heavy atom. The van der Waals surface area contributed by atoms with E-state index in [-0.39, 0.29) is 5.91 Å². The second-order valence-electron chi connectivity index (χ2n) is 10.6. The topological polar surface area (TPSA) is 80.1 Å². The summed E-state index contributed by atoms with van der Waals surface area (Å²) < 4.78 is 12.0. The number of amides is 1. The molecule has 3 N–H and O–H groups in total. The number of piperidine rings is 1. The third-order valence-corrected chi connectivity index (χ3v) is 7.63. The molecule has 7 nitrogen and oxygen atoms in total. The summed E-state index contributed by atoms with van der Waals surface area (Å²) in [6.07, 6.45) is 5.79. The van der Waals surface area contributed by atoms with Crippen molar-refractivity contribution in [2.75, 3.05) is 51.3 Å². The number of nitrogens with two attached hydrogens (primary N) is 1. The molecule has 0 bridgehead atoms. The van der Waals surface area contributed by atoms with E-state index < -0.39 is 6.04 Å². The highest BCUT2D eigenvalue weighted by molar-refractivity contribution is 5.96. The molecule has 2 aromatic rings. The molecule has 0 aliphatic carbocycles. The molecule has 1 aliphatic rings. The molecule has 1 unspecified atom stereocenters. The zero-order valence-corrected chi connectivity index (χ0v) is 24.4. The first kappa shape index (κ1) is 30.9. The van der Waals surface area contributed by atoms with E-state index in [9.17, 15) is 4.79 Å². The number of hydrogen-bond acceptors (Lipinski definition) is 6. The maximum atomic E-state index is 13.1. The lowest BCUT2D eigenvalue weighted by molar-refractivity contribution is -0.117. The molecule has 1 fully saturated rings. The van der Waals surface area contributed by atoms with Gasteiger partial charge in [-0.3, -0.25) is 9.69 Å². The van der Waals surface area contributed by atoms with Gasteiger partial charge in [0.2, 0.25) is 5.91 Å². The lowest BCUT2D eigenvalue weighted by Crippen LogP contribution is -2.40. The van der Waals surface area contributed by atoms with E-state index in [1.807, 2.05) is 18.2 Å². The van der Waals surface area contributed by atoms with Crippen molar-refractivity contribution < 1.29 is 14.3 Å². The minimum atomic E-state index is -0.546. The van der Waals surface area contributed by atoms with Crippen molar-refractivity contribution in [1.82, 2.24) is 9.80 Å². The van der Waals surface area contributed by atoms with Crippen LogP contribution in [-0.2, 0) is 11.3 Å². The number of ether oxygens (including phenoxy) is 2. The Balaban J connectivity index is 1.49. The van der Waals surface area contributed by atoms with Gasteiger partial charge in [0.15, 0.2) is 0 Å². The Morgan fingerprint density at radius 1 is 1.03 bits per heavy atom. The summed E-state index contributed by atoms with van der Waals surface area (Å²) in [4.78, 5) is 17.9. The van der Waals surface area contributed by atoms with Crippen LogP contribution in [0.4, 0.5) is 5.69 Å². The van der Waals surface area contributed by atoms with Crippen molar-refractivity contribution in [2.24, 2.45) is 11.7 Å². The Hall–Kier alpha value is -2.61. The lowest BCUT2D eigenvalue weighted by Gasteiger charge is -2.33. The predicted octanol–water partition coefficient (Wildman–Crippen LogP) is 5.54. The molecule has 0 spiro atoms. The highest BCUT2D eigenvalue weighted by Gasteiger charge is 2.25. The minimum Gasteiger partial charge on any atom is -0.493 e. The zero-order chi connectivity index (χ0) is 27.9. The summed E-state index contributed by atoms with van der Waals surface area (Å²) in [6.45, 7) is 13.9. The molecular weight excluding hydrogens is 488 g/mol. The first-order valence-electron chi connectivity index (χ1n) is 15.0. The average Bonchev–Trinajstić information content (AvgIpc) is 2.96. The number of carbonyl (C=O) groups is 1. The Bertz CT molecular complexity index is 959. The van der Waals surface area contributed by atoms with Gasteiger partial charge in [-0.1, -0.05) is 57.5 Å². The standard InChI is InChI=1S/C32H50N4O3/c1-4-7-21-39-31-24-28(38-22-11-18-35(5-2)6-3)14-15-30(31)34-32(37)29(33)23-26-16-19-36(20-17-26)25-27-12-9-8-10-13-27/h8-10,12-15,24,26,29H,4-7,11,16-23,25,33H2,1-3H3,(H,34,37). The molecule has 39 heavy (non-hydrogen) atoms. The van der Waals surface area contributed by atoms with E-state index >= 15 is 0 Å². The van der Waals surface area contributed by atoms with Crippen molar-refractivity contribution >= 4 is 11.6 Å². The van der Waals surface area contributed by atoms with E-state index in [1.165, 1.54) is 5.56 Å². The number of nitrogens with one attached hydrogen (secondary N) is 1. The van der Waals surface area contributed by atoms with Crippen LogP contribution in [0.15, 0.2) is 48.5 Å². The van der Waals surface area contributed by atoms with Crippen LogP contribution in [0.25, 0.3) is 0 Å². The summed E-state index contributed by atoms with van der Waals surface area (Å²) >= 11 is 0. The molecule has 1 atom stereocenters. The fourth-order valence-corrected chi connectivity index (χ4v) is 5.07. The fraction of sp³-hybridized carbons (Fsp3) is 0.594. The summed E-state index contributed by atoms with van der Waals surface area (Å²) in [5, 5.41) is 3.03. The molecule has 2 aromatic carbocycles. The van der Waals surface area contributed by atoms with Crippen LogP contribution >= 0.6 is 0 Å². The SMILES string of the molecule is CCCCOc1cc(OCCCN(CC)CC)ccc1NC(=O)C(N)CC1CCN(Cc2ccccc2)CC1. The Kier molecular flexibility index (Phi) is 13.6. The van der Waals surface area contributed by atoms with Gasteiger partial charge in [-0.05, 0) is 81.9 Å². The molecular formula is C32H50N4O3. The van der Waals surface area contributed by atoms with E-state index in [0.29, 0.717) is 37.0 Å². The number of hydrogen-bond donors (Lipinski definition) is 2. The van der Waals surface area contributed by atoms with Crippen LogP contribution in [-0.4, -0.2) is 67.7 Å². The first-order valence-corrected chi connectivity index (χ1v) is 15.0. The van der Waals surface area contributed by atoms with E-state index in [1.54, 1.807) is 0 Å². The van der Waals surface area contributed by atoms with Crippen molar-refractivity contribution in [3.8, 4) is 11.5 Å². The molecule has 0 radical (unpaired) electrons. The third-order valence-electron chi connectivity index (χ3n) is 7.63. The van der Waals surface area contributed by atoms with Crippen molar-refractivity contribution in [3.63, 3.8) is 0 Å². The van der Waals surface area contributed by atoms with Gasteiger partial charge in [-0.15, -0.1) is 0 Å². The number of anilines is 1. The maximum Gasteiger partial charge on any atom is 0.241 e. The van der Waals surface area contributed by atoms with Gasteiger partial charge in [-0.2, -0.15) is 0 Å². The van der Waals surface area contributed by atoms with Crippen LogP contribution in [0, 0.1) is 5.92 Å². The van der Waals surface area contributed by atoms with E-state index in [0.717, 1.165) is 77.1 Å². The summed E-state index contributed by atoms with van der Waals surface area (Å²) in [6, 6.07) is 15.7. The van der Waals surface area contributed by atoms with E-state index in [4.69, 9.17) is 15.2 Å². The number of nitrogens with zero attached hydrogens (tertiary/aromatic N) is 2. The molecule has 1 heterocycles. The van der Waals surface area contributed by atoms with Gasteiger partial charge in [0.05, 0.1) is 24.9 Å².